The highest BCUT2D eigenvalue weighted by molar-refractivity contribution is 5.75. The maximum Gasteiger partial charge on any atom is 0.220 e. The molecule has 1 aromatic carbocycles. The molecular weight excluding hydrogens is 254 g/mol. The SMILES string of the molecule is CCCC(O)CNC(=O)CCCOc1cccc(C)c1. The highest BCUT2D eigenvalue weighted by atomic mass is 16.5. The Hall–Kier alpha value is -1.55. The molecule has 0 bridgehead atoms. The minimum absolute atomic E-state index is 0.0343. The number of carbonyl (C=O) groups is 1. The lowest BCUT2D eigenvalue weighted by molar-refractivity contribution is -0.121. The molecule has 0 radical (unpaired) electrons. The van der Waals surface area contributed by atoms with Crippen LogP contribution in [0.4, 0.5) is 0 Å². The van der Waals surface area contributed by atoms with Crippen molar-refractivity contribution in [2.45, 2.75) is 45.6 Å². The summed E-state index contributed by atoms with van der Waals surface area (Å²) in [5.74, 6) is 0.803. The lowest BCUT2D eigenvalue weighted by atomic mass is 10.2. The summed E-state index contributed by atoms with van der Waals surface area (Å²) in [5.41, 5.74) is 1.16. The second-order valence-corrected chi connectivity index (χ2v) is 5.02. The first-order valence-electron chi connectivity index (χ1n) is 7.26. The van der Waals surface area contributed by atoms with Crippen LogP contribution >= 0.6 is 0 Å². The average Bonchev–Trinajstić information content (AvgIpc) is 2.42. The third kappa shape index (κ3) is 7.14. The van der Waals surface area contributed by atoms with Crippen LogP contribution in [0.3, 0.4) is 0 Å². The smallest absolute Gasteiger partial charge is 0.220 e. The maximum atomic E-state index is 11.5. The summed E-state index contributed by atoms with van der Waals surface area (Å²) in [5, 5.41) is 12.2. The number of hydrogen-bond donors (Lipinski definition) is 2. The summed E-state index contributed by atoms with van der Waals surface area (Å²) in [6.45, 7) is 4.88. The Kier molecular flexibility index (Phi) is 7.73. The number of rotatable bonds is 9. The first-order valence-corrected chi connectivity index (χ1v) is 7.26. The van der Waals surface area contributed by atoms with Gasteiger partial charge in [-0.05, 0) is 37.5 Å². The number of hydrogen-bond acceptors (Lipinski definition) is 3. The molecule has 0 aliphatic rings. The largest absolute Gasteiger partial charge is 0.494 e. The number of aryl methyl sites for hydroxylation is 1. The molecule has 0 fully saturated rings. The van der Waals surface area contributed by atoms with Crippen LogP contribution in [0.1, 0.15) is 38.2 Å². The van der Waals surface area contributed by atoms with Crippen molar-refractivity contribution in [1.82, 2.24) is 5.32 Å². The van der Waals surface area contributed by atoms with Crippen LogP contribution < -0.4 is 10.1 Å². The molecule has 0 saturated heterocycles. The van der Waals surface area contributed by atoms with Gasteiger partial charge < -0.3 is 15.2 Å². The quantitative estimate of drug-likeness (QED) is 0.683. The van der Waals surface area contributed by atoms with Crippen molar-refractivity contribution in [1.29, 1.82) is 0 Å². The van der Waals surface area contributed by atoms with Crippen LogP contribution in [0, 0.1) is 6.92 Å². The molecule has 112 valence electrons. The maximum absolute atomic E-state index is 11.5. The third-order valence-electron chi connectivity index (χ3n) is 2.96. The van der Waals surface area contributed by atoms with Gasteiger partial charge in [-0.25, -0.2) is 0 Å². The highest BCUT2D eigenvalue weighted by Gasteiger charge is 2.06. The predicted molar refractivity (Wildman–Crippen MR) is 79.8 cm³/mol. The number of carbonyl (C=O) groups excluding carboxylic acids is 1. The Balaban J connectivity index is 2.10. The molecule has 1 rings (SSSR count). The average molecular weight is 279 g/mol. The van der Waals surface area contributed by atoms with Gasteiger partial charge >= 0.3 is 0 Å². The van der Waals surface area contributed by atoms with Crippen molar-refractivity contribution in [3.8, 4) is 5.75 Å². The van der Waals surface area contributed by atoms with Crippen molar-refractivity contribution in [2.75, 3.05) is 13.2 Å². The molecule has 1 unspecified atom stereocenters. The van der Waals surface area contributed by atoms with Gasteiger partial charge in [0.05, 0.1) is 12.7 Å². The lowest BCUT2D eigenvalue weighted by Gasteiger charge is -2.11. The van der Waals surface area contributed by atoms with E-state index in [0.717, 1.165) is 24.2 Å². The number of benzene rings is 1. The van der Waals surface area contributed by atoms with Gasteiger partial charge in [-0.3, -0.25) is 4.79 Å². The lowest BCUT2D eigenvalue weighted by Crippen LogP contribution is -2.32. The van der Waals surface area contributed by atoms with E-state index < -0.39 is 6.10 Å². The zero-order valence-corrected chi connectivity index (χ0v) is 12.4. The molecule has 2 N–H and O–H groups in total. The van der Waals surface area contributed by atoms with E-state index in [1.54, 1.807) is 0 Å². The number of aliphatic hydroxyl groups is 1. The number of aliphatic hydroxyl groups excluding tert-OH is 1. The van der Waals surface area contributed by atoms with E-state index in [4.69, 9.17) is 4.74 Å². The summed E-state index contributed by atoms with van der Waals surface area (Å²) in [7, 11) is 0. The minimum Gasteiger partial charge on any atom is -0.494 e. The van der Waals surface area contributed by atoms with Crippen LogP contribution in [0.15, 0.2) is 24.3 Å². The Labute approximate surface area is 121 Å². The molecule has 0 saturated carbocycles. The van der Waals surface area contributed by atoms with Gasteiger partial charge in [0.1, 0.15) is 5.75 Å². The van der Waals surface area contributed by atoms with Gasteiger partial charge in [-0.1, -0.05) is 25.5 Å². The van der Waals surface area contributed by atoms with E-state index in [0.29, 0.717) is 26.0 Å². The molecular formula is C16H25NO3. The molecule has 0 spiro atoms. The molecule has 4 heteroatoms. The fourth-order valence-corrected chi connectivity index (χ4v) is 1.88. The van der Waals surface area contributed by atoms with Crippen molar-refractivity contribution in [2.24, 2.45) is 0 Å². The van der Waals surface area contributed by atoms with Crippen molar-refractivity contribution in [3.63, 3.8) is 0 Å². The monoisotopic (exact) mass is 279 g/mol. The first kappa shape index (κ1) is 16.5. The Morgan fingerprint density at radius 3 is 2.95 bits per heavy atom. The topological polar surface area (TPSA) is 58.6 Å². The van der Waals surface area contributed by atoms with Crippen LogP contribution in [0.25, 0.3) is 0 Å². The van der Waals surface area contributed by atoms with E-state index in [1.165, 1.54) is 0 Å². The van der Waals surface area contributed by atoms with Gasteiger partial charge in [0.15, 0.2) is 0 Å². The molecule has 0 aliphatic heterocycles. The van der Waals surface area contributed by atoms with E-state index >= 15 is 0 Å². The summed E-state index contributed by atoms with van der Waals surface area (Å²) in [4.78, 5) is 11.5. The fourth-order valence-electron chi connectivity index (χ4n) is 1.88. The third-order valence-corrected chi connectivity index (χ3v) is 2.96. The van der Waals surface area contributed by atoms with Gasteiger partial charge in [-0.15, -0.1) is 0 Å². The molecule has 1 atom stereocenters. The van der Waals surface area contributed by atoms with Gasteiger partial charge in [0, 0.05) is 13.0 Å². The van der Waals surface area contributed by atoms with E-state index in [2.05, 4.69) is 5.32 Å². The van der Waals surface area contributed by atoms with E-state index in [1.807, 2.05) is 38.1 Å². The molecule has 0 aromatic heterocycles. The zero-order chi connectivity index (χ0) is 14.8. The minimum atomic E-state index is -0.438. The molecule has 0 heterocycles. The normalized spacial score (nSPS) is 11.9. The van der Waals surface area contributed by atoms with Gasteiger partial charge in [0.2, 0.25) is 5.91 Å². The predicted octanol–water partition coefficient (Wildman–Crippen LogP) is 2.43. The second kappa shape index (κ2) is 9.37. The Morgan fingerprint density at radius 1 is 1.45 bits per heavy atom. The van der Waals surface area contributed by atoms with Crippen molar-refractivity contribution < 1.29 is 14.6 Å². The number of nitrogens with one attached hydrogen (secondary N) is 1. The number of amides is 1. The van der Waals surface area contributed by atoms with Crippen LogP contribution in [-0.2, 0) is 4.79 Å². The van der Waals surface area contributed by atoms with E-state index in [9.17, 15) is 9.90 Å². The summed E-state index contributed by atoms with van der Waals surface area (Å²) in [6.07, 6.45) is 2.29. The Bertz CT molecular complexity index is 406. The standard InChI is InChI=1S/C16H25NO3/c1-3-6-14(18)12-17-16(19)9-5-10-20-15-8-4-7-13(2)11-15/h4,7-8,11,14,18H,3,5-6,9-10,12H2,1-2H3,(H,17,19). The summed E-state index contributed by atoms with van der Waals surface area (Å²) in [6, 6.07) is 7.85. The molecule has 1 aromatic rings. The molecule has 20 heavy (non-hydrogen) atoms. The fraction of sp³-hybridized carbons (Fsp3) is 0.562. The molecule has 4 nitrogen and oxygen atoms in total. The van der Waals surface area contributed by atoms with Crippen molar-refractivity contribution >= 4 is 5.91 Å². The molecule has 1 amide bonds. The number of ether oxygens (including phenoxy) is 1. The first-order chi connectivity index (χ1) is 9.61. The van der Waals surface area contributed by atoms with E-state index in [-0.39, 0.29) is 5.91 Å². The van der Waals surface area contributed by atoms with Crippen LogP contribution in [-0.4, -0.2) is 30.3 Å². The highest BCUT2D eigenvalue weighted by Crippen LogP contribution is 2.12. The summed E-state index contributed by atoms with van der Waals surface area (Å²) < 4.78 is 5.57. The molecule has 0 aliphatic carbocycles. The second-order valence-electron chi connectivity index (χ2n) is 5.02. The van der Waals surface area contributed by atoms with Crippen LogP contribution in [0.5, 0.6) is 5.75 Å². The Morgan fingerprint density at radius 2 is 2.25 bits per heavy atom. The van der Waals surface area contributed by atoms with Gasteiger partial charge in [0.25, 0.3) is 0 Å². The zero-order valence-electron chi connectivity index (χ0n) is 12.4. The van der Waals surface area contributed by atoms with Crippen LogP contribution in [0.2, 0.25) is 0 Å². The van der Waals surface area contributed by atoms with Crippen molar-refractivity contribution in [3.05, 3.63) is 29.8 Å². The summed E-state index contributed by atoms with van der Waals surface area (Å²) >= 11 is 0. The van der Waals surface area contributed by atoms with Gasteiger partial charge in [-0.2, -0.15) is 0 Å².